The van der Waals surface area contributed by atoms with Gasteiger partial charge in [0.15, 0.2) is 5.66 Å². The van der Waals surface area contributed by atoms with Crippen molar-refractivity contribution in [3.63, 3.8) is 0 Å². The molecule has 9 heteroatoms. The number of carbonyl (C=O) groups is 1. The Morgan fingerprint density at radius 3 is 2.59 bits per heavy atom. The summed E-state index contributed by atoms with van der Waals surface area (Å²) in [7, 11) is -4.76. The third kappa shape index (κ3) is 4.79. The zero-order valence-corrected chi connectivity index (χ0v) is 16.9. The van der Waals surface area contributed by atoms with E-state index < -0.39 is 19.2 Å². The first-order valence-corrected chi connectivity index (χ1v) is 11.0. The summed E-state index contributed by atoms with van der Waals surface area (Å²) in [6, 6.07) is 12.0. The normalized spacial score (nSPS) is 13.2. The Morgan fingerprint density at radius 2 is 1.89 bits per heavy atom. The van der Waals surface area contributed by atoms with Gasteiger partial charge >= 0.3 is 7.60 Å². The number of amides is 1. The molecule has 1 amide bonds. The zero-order valence-electron chi connectivity index (χ0n) is 13.7. The fourth-order valence-electron chi connectivity index (χ4n) is 2.62. The van der Waals surface area contributed by atoms with Gasteiger partial charge < -0.3 is 15.1 Å². The van der Waals surface area contributed by atoms with Crippen LogP contribution in [0.25, 0.3) is 16.2 Å². The molecular weight excluding hydrogens is 428 g/mol. The minimum Gasteiger partial charge on any atom is -0.332 e. The SMILES string of the molecule is O=C(N/C=C/c1cccc(Cl)c1)C(c1csc2ccc(Cl)cc12)P(=O)(O)O. The summed E-state index contributed by atoms with van der Waals surface area (Å²) in [4.78, 5) is 32.1. The molecule has 1 unspecified atom stereocenters. The van der Waals surface area contributed by atoms with Gasteiger partial charge in [-0.1, -0.05) is 35.3 Å². The number of nitrogens with one attached hydrogen (secondary N) is 1. The first kappa shape index (κ1) is 20.1. The number of hydrogen-bond acceptors (Lipinski definition) is 3. The molecule has 2 aromatic carbocycles. The van der Waals surface area contributed by atoms with Crippen molar-refractivity contribution in [2.45, 2.75) is 5.66 Å². The zero-order chi connectivity index (χ0) is 19.6. The van der Waals surface area contributed by atoms with Crippen molar-refractivity contribution < 1.29 is 19.1 Å². The van der Waals surface area contributed by atoms with Crippen molar-refractivity contribution in [2.24, 2.45) is 0 Å². The Labute approximate surface area is 169 Å². The van der Waals surface area contributed by atoms with Crippen LogP contribution in [-0.4, -0.2) is 15.7 Å². The van der Waals surface area contributed by atoms with Crippen LogP contribution in [-0.2, 0) is 9.36 Å². The predicted molar refractivity (Wildman–Crippen MR) is 110 cm³/mol. The lowest BCUT2D eigenvalue weighted by atomic mass is 10.1. The van der Waals surface area contributed by atoms with Gasteiger partial charge in [-0.3, -0.25) is 9.36 Å². The minimum atomic E-state index is -4.76. The molecule has 0 aliphatic rings. The van der Waals surface area contributed by atoms with E-state index in [0.717, 1.165) is 10.3 Å². The van der Waals surface area contributed by atoms with E-state index in [2.05, 4.69) is 5.32 Å². The van der Waals surface area contributed by atoms with Crippen LogP contribution in [0.3, 0.4) is 0 Å². The molecule has 0 radical (unpaired) electrons. The molecule has 1 aromatic heterocycles. The largest absolute Gasteiger partial charge is 0.342 e. The third-order valence-electron chi connectivity index (χ3n) is 3.79. The molecule has 0 saturated carbocycles. The second-order valence-corrected chi connectivity index (χ2v) is 9.20. The Balaban J connectivity index is 1.89. The summed E-state index contributed by atoms with van der Waals surface area (Å²) >= 11 is 13.2. The van der Waals surface area contributed by atoms with Crippen LogP contribution in [0.2, 0.25) is 10.0 Å². The highest BCUT2D eigenvalue weighted by molar-refractivity contribution is 7.53. The molecule has 1 atom stereocenters. The Hall–Kier alpha value is -1.66. The molecule has 0 aliphatic carbocycles. The fraction of sp³-hybridized carbons (Fsp3) is 0.0556. The van der Waals surface area contributed by atoms with Gasteiger partial charge in [-0.05, 0) is 58.3 Å². The Bertz CT molecular complexity index is 1080. The predicted octanol–water partition coefficient (Wildman–Crippen LogP) is 5.21. The molecule has 1 heterocycles. The Kier molecular flexibility index (Phi) is 6.06. The van der Waals surface area contributed by atoms with Gasteiger partial charge in [-0.15, -0.1) is 11.3 Å². The number of benzene rings is 2. The molecule has 0 bridgehead atoms. The number of fused-ring (bicyclic) bond motifs is 1. The van der Waals surface area contributed by atoms with Crippen molar-refractivity contribution in [1.82, 2.24) is 5.32 Å². The smallest absolute Gasteiger partial charge is 0.332 e. The third-order valence-corrected chi connectivity index (χ3v) is 6.43. The van der Waals surface area contributed by atoms with Crippen LogP contribution >= 0.6 is 42.1 Å². The molecule has 3 rings (SSSR count). The highest BCUT2D eigenvalue weighted by Crippen LogP contribution is 2.54. The van der Waals surface area contributed by atoms with Gasteiger partial charge in [0, 0.05) is 20.9 Å². The van der Waals surface area contributed by atoms with Crippen LogP contribution in [0.1, 0.15) is 16.8 Å². The van der Waals surface area contributed by atoms with E-state index in [-0.39, 0.29) is 5.56 Å². The van der Waals surface area contributed by atoms with E-state index in [0.29, 0.717) is 15.4 Å². The standard InChI is InChI=1S/C18H14Cl2NO4PS/c19-12-3-1-2-11(8-12)6-7-21-18(22)17(26(23,24)25)15-10-27-16-5-4-13(20)9-14(15)16/h1-10,17H,(H,21,22)(H2,23,24,25)/b7-6+. The van der Waals surface area contributed by atoms with Crippen molar-refractivity contribution >= 4 is 64.2 Å². The number of rotatable bonds is 5. The average Bonchev–Trinajstić information content (AvgIpc) is 2.96. The molecule has 5 nitrogen and oxygen atoms in total. The van der Waals surface area contributed by atoms with Crippen molar-refractivity contribution in [3.8, 4) is 0 Å². The van der Waals surface area contributed by atoms with Gasteiger partial charge in [0.2, 0.25) is 5.91 Å². The summed E-state index contributed by atoms with van der Waals surface area (Å²) in [5.74, 6) is -0.804. The van der Waals surface area contributed by atoms with Crippen molar-refractivity contribution in [2.75, 3.05) is 0 Å². The monoisotopic (exact) mass is 441 g/mol. The highest BCUT2D eigenvalue weighted by atomic mass is 35.5. The molecule has 0 spiro atoms. The van der Waals surface area contributed by atoms with Crippen LogP contribution in [0.5, 0.6) is 0 Å². The maximum absolute atomic E-state index is 12.6. The van der Waals surface area contributed by atoms with E-state index in [1.807, 2.05) is 0 Å². The molecule has 3 aromatic rings. The van der Waals surface area contributed by atoms with Crippen LogP contribution in [0, 0.1) is 0 Å². The second-order valence-electron chi connectivity index (χ2n) is 5.72. The van der Waals surface area contributed by atoms with Crippen LogP contribution in [0.4, 0.5) is 0 Å². The van der Waals surface area contributed by atoms with Crippen molar-refractivity contribution in [3.05, 3.63) is 75.2 Å². The highest BCUT2D eigenvalue weighted by Gasteiger charge is 2.38. The van der Waals surface area contributed by atoms with Crippen molar-refractivity contribution in [1.29, 1.82) is 0 Å². The summed E-state index contributed by atoms with van der Waals surface area (Å²) in [6.45, 7) is 0. The summed E-state index contributed by atoms with van der Waals surface area (Å²) in [5, 5.41) is 5.53. The molecular formula is C18H14Cl2NO4PS. The van der Waals surface area contributed by atoms with E-state index in [1.54, 1.807) is 53.9 Å². The molecule has 0 aliphatic heterocycles. The second kappa shape index (κ2) is 8.15. The maximum atomic E-state index is 12.6. The van der Waals surface area contributed by atoms with E-state index in [1.165, 1.54) is 17.5 Å². The summed E-state index contributed by atoms with van der Waals surface area (Å²) in [6.07, 6.45) is 2.92. The first-order chi connectivity index (χ1) is 12.8. The van der Waals surface area contributed by atoms with Gasteiger partial charge in [-0.25, -0.2) is 0 Å². The quantitative estimate of drug-likeness (QED) is 0.474. The average molecular weight is 442 g/mol. The minimum absolute atomic E-state index is 0.250. The molecule has 0 saturated heterocycles. The first-order valence-electron chi connectivity index (χ1n) is 7.70. The number of thiophene rings is 1. The molecule has 0 fully saturated rings. The summed E-state index contributed by atoms with van der Waals surface area (Å²) in [5.41, 5.74) is -0.642. The van der Waals surface area contributed by atoms with E-state index >= 15 is 0 Å². The van der Waals surface area contributed by atoms with Crippen LogP contribution < -0.4 is 5.32 Å². The van der Waals surface area contributed by atoms with Gasteiger partial charge in [0.25, 0.3) is 0 Å². The molecule has 3 N–H and O–H groups in total. The fourth-order valence-corrected chi connectivity index (χ4v) is 5.01. The lowest BCUT2D eigenvalue weighted by molar-refractivity contribution is -0.120. The molecule has 140 valence electrons. The summed E-state index contributed by atoms with van der Waals surface area (Å²) < 4.78 is 12.8. The van der Waals surface area contributed by atoms with E-state index in [4.69, 9.17) is 23.2 Å². The number of halogens is 2. The Morgan fingerprint density at radius 1 is 1.15 bits per heavy atom. The maximum Gasteiger partial charge on any atom is 0.342 e. The van der Waals surface area contributed by atoms with Crippen LogP contribution in [0.15, 0.2) is 54.0 Å². The number of hydrogen-bond donors (Lipinski definition) is 3. The topological polar surface area (TPSA) is 86.6 Å². The van der Waals surface area contributed by atoms with Gasteiger partial charge in [0.05, 0.1) is 0 Å². The van der Waals surface area contributed by atoms with Gasteiger partial charge in [0.1, 0.15) is 0 Å². The van der Waals surface area contributed by atoms with Gasteiger partial charge in [-0.2, -0.15) is 0 Å². The lowest BCUT2D eigenvalue weighted by Crippen LogP contribution is -2.25. The lowest BCUT2D eigenvalue weighted by Gasteiger charge is -2.16. The molecule has 27 heavy (non-hydrogen) atoms. The van der Waals surface area contributed by atoms with E-state index in [9.17, 15) is 19.1 Å². The number of carbonyl (C=O) groups excluding carboxylic acids is 1.